The first-order valence-electron chi connectivity index (χ1n) is 7.39. The number of hydrogen-bond acceptors (Lipinski definition) is 3. The van der Waals surface area contributed by atoms with Crippen molar-refractivity contribution in [2.24, 2.45) is 0 Å². The maximum atomic E-state index is 13.8. The lowest BCUT2D eigenvalue weighted by Crippen LogP contribution is -2.14. The number of pyridine rings is 1. The average Bonchev–Trinajstić information content (AvgIpc) is 3.05. The van der Waals surface area contributed by atoms with Gasteiger partial charge < -0.3 is 4.98 Å². The molecule has 0 aliphatic carbocycles. The number of benzene rings is 2. The van der Waals surface area contributed by atoms with Crippen LogP contribution in [0, 0.1) is 17.5 Å². The summed E-state index contributed by atoms with van der Waals surface area (Å²) in [5, 5.41) is 1.15. The number of sulfonamides is 1. The highest BCUT2D eigenvalue weighted by Crippen LogP contribution is 2.30. The molecule has 0 bridgehead atoms. The summed E-state index contributed by atoms with van der Waals surface area (Å²) in [6.07, 6.45) is 2.81. The number of aromatic nitrogens is 2. The van der Waals surface area contributed by atoms with Crippen LogP contribution in [-0.2, 0) is 10.0 Å². The molecular weight excluding hydrogens is 367 g/mol. The molecule has 0 aliphatic heterocycles. The molecule has 0 saturated heterocycles. The lowest BCUT2D eigenvalue weighted by molar-refractivity contribution is 0.496. The highest BCUT2D eigenvalue weighted by molar-refractivity contribution is 7.93. The second kappa shape index (κ2) is 5.73. The fourth-order valence-electron chi connectivity index (χ4n) is 2.73. The van der Waals surface area contributed by atoms with Crippen LogP contribution in [0.3, 0.4) is 0 Å². The lowest BCUT2D eigenvalue weighted by Gasteiger charge is -2.09. The number of nitrogens with one attached hydrogen (secondary N) is 2. The fourth-order valence-corrected chi connectivity index (χ4v) is 3.96. The standard InChI is InChI=1S/C17H10F3N3O2S/c18-11-6-13(20)14(7-12(11)19)23-26(24,25)15-8-22-17-10(15)4-3-9-2-1-5-21-16(9)17/h1-8,22-23H. The molecule has 2 aromatic heterocycles. The molecule has 0 spiro atoms. The maximum Gasteiger partial charge on any atom is 0.264 e. The molecule has 0 fully saturated rings. The van der Waals surface area contributed by atoms with Crippen LogP contribution in [0.15, 0.2) is 53.7 Å². The molecule has 0 saturated carbocycles. The van der Waals surface area contributed by atoms with Gasteiger partial charge in [-0.05, 0) is 6.07 Å². The zero-order valence-corrected chi connectivity index (χ0v) is 13.7. The average molecular weight is 377 g/mol. The Hall–Kier alpha value is -3.07. The van der Waals surface area contributed by atoms with E-state index in [-0.39, 0.29) is 11.0 Å². The van der Waals surface area contributed by atoms with Gasteiger partial charge in [0.2, 0.25) is 0 Å². The number of anilines is 1. The molecule has 0 atom stereocenters. The Bertz CT molecular complexity index is 1270. The molecule has 0 radical (unpaired) electrons. The SMILES string of the molecule is O=S(=O)(Nc1cc(F)c(F)cc1F)c1c[nH]c2c1ccc1cccnc12. The third kappa shape index (κ3) is 2.57. The number of rotatable bonds is 3. The van der Waals surface area contributed by atoms with Crippen molar-refractivity contribution in [1.29, 1.82) is 0 Å². The van der Waals surface area contributed by atoms with Crippen LogP contribution in [0.2, 0.25) is 0 Å². The van der Waals surface area contributed by atoms with Crippen molar-refractivity contribution in [3.63, 3.8) is 0 Å². The molecule has 2 aromatic carbocycles. The number of fused-ring (bicyclic) bond motifs is 3. The van der Waals surface area contributed by atoms with E-state index in [1.807, 2.05) is 10.8 Å². The Labute approximate surface area is 145 Å². The third-order valence-electron chi connectivity index (χ3n) is 3.93. The van der Waals surface area contributed by atoms with Gasteiger partial charge in [-0.1, -0.05) is 18.2 Å². The fraction of sp³-hybridized carbons (Fsp3) is 0. The van der Waals surface area contributed by atoms with Gasteiger partial charge in [0.1, 0.15) is 10.7 Å². The zero-order chi connectivity index (χ0) is 18.5. The Morgan fingerprint density at radius 1 is 1.00 bits per heavy atom. The Morgan fingerprint density at radius 3 is 2.58 bits per heavy atom. The van der Waals surface area contributed by atoms with E-state index in [1.165, 1.54) is 6.20 Å². The molecule has 2 N–H and O–H groups in total. The first-order chi connectivity index (χ1) is 12.4. The van der Waals surface area contributed by atoms with Gasteiger partial charge in [-0.15, -0.1) is 0 Å². The van der Waals surface area contributed by atoms with Crippen molar-refractivity contribution in [3.8, 4) is 0 Å². The van der Waals surface area contributed by atoms with E-state index in [9.17, 15) is 21.6 Å². The van der Waals surface area contributed by atoms with Gasteiger partial charge in [0.25, 0.3) is 10.0 Å². The predicted octanol–water partition coefficient (Wildman–Crippen LogP) is 3.93. The molecule has 0 aliphatic rings. The number of H-pyrrole nitrogens is 1. The zero-order valence-electron chi connectivity index (χ0n) is 12.9. The summed E-state index contributed by atoms with van der Waals surface area (Å²) < 4.78 is 67.3. The van der Waals surface area contributed by atoms with Crippen molar-refractivity contribution in [2.75, 3.05) is 4.72 Å². The number of halogens is 3. The van der Waals surface area contributed by atoms with E-state index >= 15 is 0 Å². The second-order valence-corrected chi connectivity index (χ2v) is 7.22. The van der Waals surface area contributed by atoms with Gasteiger partial charge in [0, 0.05) is 35.3 Å². The van der Waals surface area contributed by atoms with E-state index < -0.39 is 33.2 Å². The van der Waals surface area contributed by atoms with Crippen LogP contribution in [0.4, 0.5) is 18.9 Å². The van der Waals surface area contributed by atoms with Crippen molar-refractivity contribution in [1.82, 2.24) is 9.97 Å². The minimum atomic E-state index is -4.26. The Morgan fingerprint density at radius 2 is 1.77 bits per heavy atom. The van der Waals surface area contributed by atoms with Crippen LogP contribution >= 0.6 is 0 Å². The van der Waals surface area contributed by atoms with Crippen LogP contribution in [0.25, 0.3) is 21.8 Å². The summed E-state index contributed by atoms with van der Waals surface area (Å²) in [4.78, 5) is 6.91. The third-order valence-corrected chi connectivity index (χ3v) is 5.34. The van der Waals surface area contributed by atoms with Crippen LogP contribution in [-0.4, -0.2) is 18.4 Å². The first-order valence-corrected chi connectivity index (χ1v) is 8.87. The molecule has 4 rings (SSSR count). The molecule has 4 aromatic rings. The number of nitrogens with zero attached hydrogens (tertiary/aromatic N) is 1. The summed E-state index contributed by atoms with van der Waals surface area (Å²) in [7, 11) is -4.26. The molecular formula is C17H10F3N3O2S. The summed E-state index contributed by atoms with van der Waals surface area (Å²) in [6, 6.07) is 7.60. The van der Waals surface area contributed by atoms with Crippen LogP contribution < -0.4 is 4.72 Å². The second-order valence-electron chi connectivity index (χ2n) is 5.57. The lowest BCUT2D eigenvalue weighted by atomic mass is 10.1. The molecule has 2 heterocycles. The quantitative estimate of drug-likeness (QED) is 0.531. The van der Waals surface area contributed by atoms with E-state index in [4.69, 9.17) is 0 Å². The van der Waals surface area contributed by atoms with Gasteiger partial charge in [-0.25, -0.2) is 21.6 Å². The summed E-state index contributed by atoms with van der Waals surface area (Å²) in [5.74, 6) is -3.99. The van der Waals surface area contributed by atoms with E-state index in [2.05, 4.69) is 9.97 Å². The molecule has 26 heavy (non-hydrogen) atoms. The number of aromatic amines is 1. The predicted molar refractivity (Wildman–Crippen MR) is 90.7 cm³/mol. The van der Waals surface area contributed by atoms with Crippen molar-refractivity contribution in [2.45, 2.75) is 4.90 Å². The normalized spacial score (nSPS) is 12.0. The monoisotopic (exact) mass is 377 g/mol. The topological polar surface area (TPSA) is 74.8 Å². The van der Waals surface area contributed by atoms with Crippen LogP contribution in [0.1, 0.15) is 0 Å². The minimum absolute atomic E-state index is 0.163. The maximum absolute atomic E-state index is 13.8. The van der Waals surface area contributed by atoms with Gasteiger partial charge >= 0.3 is 0 Å². The van der Waals surface area contributed by atoms with Gasteiger partial charge in [-0.3, -0.25) is 9.71 Å². The highest BCUT2D eigenvalue weighted by Gasteiger charge is 2.22. The smallest absolute Gasteiger partial charge is 0.264 e. The van der Waals surface area contributed by atoms with E-state index in [1.54, 1.807) is 24.4 Å². The summed E-state index contributed by atoms with van der Waals surface area (Å²) in [6.45, 7) is 0. The van der Waals surface area contributed by atoms with Gasteiger partial charge in [0.15, 0.2) is 11.6 Å². The van der Waals surface area contributed by atoms with Gasteiger partial charge in [-0.2, -0.15) is 0 Å². The molecule has 5 nitrogen and oxygen atoms in total. The van der Waals surface area contributed by atoms with E-state index in [0.29, 0.717) is 22.5 Å². The summed E-state index contributed by atoms with van der Waals surface area (Å²) >= 11 is 0. The molecule has 9 heteroatoms. The Kier molecular flexibility index (Phi) is 3.62. The highest BCUT2D eigenvalue weighted by atomic mass is 32.2. The van der Waals surface area contributed by atoms with Crippen molar-refractivity contribution in [3.05, 3.63) is 66.2 Å². The first kappa shape index (κ1) is 16.4. The minimum Gasteiger partial charge on any atom is -0.358 e. The summed E-state index contributed by atoms with van der Waals surface area (Å²) in [5.41, 5.74) is 0.386. The Balaban J connectivity index is 1.84. The molecule has 0 unspecified atom stereocenters. The van der Waals surface area contributed by atoms with Gasteiger partial charge in [0.05, 0.1) is 16.7 Å². The molecule has 0 amide bonds. The van der Waals surface area contributed by atoms with Crippen molar-refractivity contribution >= 4 is 37.5 Å². The molecule has 132 valence electrons. The van der Waals surface area contributed by atoms with E-state index in [0.717, 1.165) is 5.39 Å². The van der Waals surface area contributed by atoms with Crippen molar-refractivity contribution < 1.29 is 21.6 Å². The van der Waals surface area contributed by atoms with Crippen LogP contribution in [0.5, 0.6) is 0 Å². The number of hydrogen-bond donors (Lipinski definition) is 2. The largest absolute Gasteiger partial charge is 0.358 e.